The summed E-state index contributed by atoms with van der Waals surface area (Å²) in [5.41, 5.74) is 7.42. The number of carbonyl (C=O) groups excluding carboxylic acids is 1. The van der Waals surface area contributed by atoms with Gasteiger partial charge in [-0.3, -0.25) is 0 Å². The fourth-order valence-electron chi connectivity index (χ4n) is 6.45. The average molecular weight is 693 g/mol. The minimum absolute atomic E-state index is 0.462. The summed E-state index contributed by atoms with van der Waals surface area (Å²) in [7, 11) is 7.35. The standard InChI is InChI=1S/C22H28N4O3.C17H20N4O/c1-13-11-16(28-8)12-14(2)18(13)25(7)19-17-9-10-26(20(17)24-15(3)23-19)21(27)29-22(4,5)6;1-10-8-13(22-5)9-11(2)15(10)21(4)17-14-6-7-18-16(14)19-12(3)20-17/h9-12H,1-8H3;6-9H,1-5H3,(H,18,19,20). The van der Waals surface area contributed by atoms with E-state index in [0.717, 1.165) is 79.0 Å². The summed E-state index contributed by atoms with van der Waals surface area (Å²) in [5, 5.41) is 1.79. The molecule has 4 aromatic heterocycles. The first-order valence-electron chi connectivity index (χ1n) is 16.7. The molecule has 0 unspecified atom stereocenters. The van der Waals surface area contributed by atoms with Gasteiger partial charge in [0.15, 0.2) is 5.65 Å². The van der Waals surface area contributed by atoms with E-state index in [0.29, 0.717) is 11.5 Å². The van der Waals surface area contributed by atoms with Gasteiger partial charge in [-0.1, -0.05) is 0 Å². The number of nitrogens with zero attached hydrogens (tertiary/aromatic N) is 7. The van der Waals surface area contributed by atoms with Gasteiger partial charge < -0.3 is 29.0 Å². The van der Waals surface area contributed by atoms with Gasteiger partial charge in [0.1, 0.15) is 46.0 Å². The minimum atomic E-state index is -0.591. The second kappa shape index (κ2) is 14.3. The third-order valence-electron chi connectivity index (χ3n) is 8.44. The fourth-order valence-corrected chi connectivity index (χ4v) is 6.45. The quantitative estimate of drug-likeness (QED) is 0.182. The Morgan fingerprint density at radius 2 is 1.18 bits per heavy atom. The molecule has 12 heteroatoms. The third kappa shape index (κ3) is 7.59. The highest BCUT2D eigenvalue weighted by molar-refractivity contribution is 5.95. The van der Waals surface area contributed by atoms with Gasteiger partial charge in [0.05, 0.1) is 25.0 Å². The normalized spacial score (nSPS) is 11.3. The van der Waals surface area contributed by atoms with Crippen molar-refractivity contribution < 1.29 is 19.0 Å². The second-order valence-corrected chi connectivity index (χ2v) is 13.7. The number of aromatic nitrogens is 6. The Labute approximate surface area is 299 Å². The Bertz CT molecular complexity index is 2180. The number of hydrogen-bond acceptors (Lipinski definition) is 10. The van der Waals surface area contributed by atoms with E-state index in [1.807, 2.05) is 110 Å². The van der Waals surface area contributed by atoms with E-state index in [2.05, 4.69) is 43.7 Å². The summed E-state index contributed by atoms with van der Waals surface area (Å²) in [6.07, 6.45) is 3.11. The molecule has 6 rings (SSSR count). The number of rotatable bonds is 6. The smallest absolute Gasteiger partial charge is 0.420 e. The summed E-state index contributed by atoms with van der Waals surface area (Å²) in [4.78, 5) is 38.2. The van der Waals surface area contributed by atoms with Crippen molar-refractivity contribution in [3.05, 3.63) is 82.7 Å². The SMILES string of the molecule is COc1cc(C)c(N(C)c2nc(C)nc3[nH]ccc23)c(C)c1.COc1cc(C)c(N(C)c2nc(C)nc3c2ccn3C(=O)OC(C)(C)C)c(C)c1. The lowest BCUT2D eigenvalue weighted by Crippen LogP contribution is -2.27. The van der Waals surface area contributed by atoms with Crippen LogP contribution in [0.5, 0.6) is 11.5 Å². The maximum Gasteiger partial charge on any atom is 0.420 e. The van der Waals surface area contributed by atoms with Crippen molar-refractivity contribution in [2.75, 3.05) is 38.1 Å². The number of aryl methyl sites for hydroxylation is 6. The molecular weight excluding hydrogens is 644 g/mol. The van der Waals surface area contributed by atoms with Crippen molar-refractivity contribution in [3.8, 4) is 11.5 Å². The minimum Gasteiger partial charge on any atom is -0.497 e. The Hall–Kier alpha value is -5.65. The Morgan fingerprint density at radius 3 is 1.65 bits per heavy atom. The van der Waals surface area contributed by atoms with Gasteiger partial charge in [-0.25, -0.2) is 29.3 Å². The summed E-state index contributed by atoms with van der Waals surface area (Å²) >= 11 is 0. The summed E-state index contributed by atoms with van der Waals surface area (Å²) in [5.74, 6) is 4.65. The molecule has 51 heavy (non-hydrogen) atoms. The molecule has 268 valence electrons. The molecular formula is C39H48N8O4. The lowest BCUT2D eigenvalue weighted by molar-refractivity contribution is 0.0543. The van der Waals surface area contributed by atoms with Crippen LogP contribution in [0, 0.1) is 41.5 Å². The number of benzene rings is 2. The number of H-pyrrole nitrogens is 1. The molecule has 0 bridgehead atoms. The van der Waals surface area contributed by atoms with E-state index in [1.54, 1.807) is 20.4 Å². The number of aromatic amines is 1. The Balaban J connectivity index is 0.000000205. The molecule has 0 spiro atoms. The molecule has 6 aromatic rings. The molecule has 0 amide bonds. The predicted molar refractivity (Wildman–Crippen MR) is 204 cm³/mol. The van der Waals surface area contributed by atoms with Crippen LogP contribution in [0.3, 0.4) is 0 Å². The van der Waals surface area contributed by atoms with E-state index in [1.165, 1.54) is 4.57 Å². The first kappa shape index (κ1) is 36.6. The van der Waals surface area contributed by atoms with Crippen LogP contribution in [0.2, 0.25) is 0 Å². The van der Waals surface area contributed by atoms with Crippen LogP contribution in [-0.4, -0.2) is 69.5 Å². The molecule has 0 aliphatic carbocycles. The fraction of sp³-hybridized carbons (Fsp3) is 0.359. The zero-order chi connectivity index (χ0) is 37.4. The molecule has 4 heterocycles. The maximum absolute atomic E-state index is 12.6. The molecule has 12 nitrogen and oxygen atoms in total. The van der Waals surface area contributed by atoms with Gasteiger partial charge in [0.25, 0.3) is 0 Å². The van der Waals surface area contributed by atoms with Gasteiger partial charge in [-0.15, -0.1) is 0 Å². The molecule has 0 saturated heterocycles. The van der Waals surface area contributed by atoms with Crippen LogP contribution in [0.4, 0.5) is 27.8 Å². The van der Waals surface area contributed by atoms with Gasteiger partial charge in [0, 0.05) is 37.9 Å². The third-order valence-corrected chi connectivity index (χ3v) is 8.44. The topological polar surface area (TPSA) is 124 Å². The average Bonchev–Trinajstić information content (AvgIpc) is 3.69. The lowest BCUT2D eigenvalue weighted by Gasteiger charge is -2.24. The number of anilines is 4. The summed E-state index contributed by atoms with van der Waals surface area (Å²) in [6, 6.07) is 11.9. The van der Waals surface area contributed by atoms with Gasteiger partial charge in [-0.05, 0) is 121 Å². The summed E-state index contributed by atoms with van der Waals surface area (Å²) < 4.78 is 17.7. The highest BCUT2D eigenvalue weighted by atomic mass is 16.6. The highest BCUT2D eigenvalue weighted by Crippen LogP contribution is 2.37. The Kier molecular flexibility index (Phi) is 10.3. The first-order valence-corrected chi connectivity index (χ1v) is 16.7. The van der Waals surface area contributed by atoms with E-state index in [-0.39, 0.29) is 0 Å². The predicted octanol–water partition coefficient (Wildman–Crippen LogP) is 8.58. The molecule has 0 saturated carbocycles. The zero-order valence-electron chi connectivity index (χ0n) is 31.9. The van der Waals surface area contributed by atoms with Crippen molar-refractivity contribution in [2.24, 2.45) is 0 Å². The maximum atomic E-state index is 12.6. The largest absolute Gasteiger partial charge is 0.497 e. The van der Waals surface area contributed by atoms with Gasteiger partial charge in [0.2, 0.25) is 0 Å². The number of nitrogens with one attached hydrogen (secondary N) is 1. The van der Waals surface area contributed by atoms with Gasteiger partial charge in [-0.2, -0.15) is 0 Å². The molecule has 0 radical (unpaired) electrons. The molecule has 2 aromatic carbocycles. The monoisotopic (exact) mass is 692 g/mol. The second-order valence-electron chi connectivity index (χ2n) is 13.7. The van der Waals surface area contributed by atoms with E-state index >= 15 is 0 Å². The van der Waals surface area contributed by atoms with Crippen LogP contribution < -0.4 is 19.3 Å². The van der Waals surface area contributed by atoms with Crippen LogP contribution in [0.25, 0.3) is 22.1 Å². The number of ether oxygens (including phenoxy) is 3. The molecule has 1 N–H and O–H groups in total. The van der Waals surface area contributed by atoms with Crippen molar-refractivity contribution >= 4 is 51.2 Å². The van der Waals surface area contributed by atoms with E-state index in [4.69, 9.17) is 14.2 Å². The van der Waals surface area contributed by atoms with Crippen LogP contribution in [0.15, 0.2) is 48.8 Å². The number of hydrogen-bond donors (Lipinski definition) is 1. The van der Waals surface area contributed by atoms with E-state index in [9.17, 15) is 4.79 Å². The van der Waals surface area contributed by atoms with Gasteiger partial charge >= 0.3 is 6.09 Å². The lowest BCUT2D eigenvalue weighted by atomic mass is 10.1. The molecule has 0 aliphatic rings. The van der Waals surface area contributed by atoms with Crippen molar-refractivity contribution in [2.45, 2.75) is 67.9 Å². The molecule has 0 aliphatic heterocycles. The first-order chi connectivity index (χ1) is 24.0. The van der Waals surface area contributed by atoms with Crippen LogP contribution in [0.1, 0.15) is 54.7 Å². The van der Waals surface area contributed by atoms with Crippen LogP contribution >= 0.6 is 0 Å². The van der Waals surface area contributed by atoms with Crippen LogP contribution in [-0.2, 0) is 4.74 Å². The van der Waals surface area contributed by atoms with E-state index < -0.39 is 11.7 Å². The van der Waals surface area contributed by atoms with Crippen molar-refractivity contribution in [1.82, 2.24) is 29.5 Å². The molecule has 0 fully saturated rings. The number of carbonyl (C=O) groups is 1. The zero-order valence-corrected chi connectivity index (χ0v) is 31.9. The summed E-state index contributed by atoms with van der Waals surface area (Å²) in [6.45, 7) is 17.5. The van der Waals surface area contributed by atoms with Crippen molar-refractivity contribution in [1.29, 1.82) is 0 Å². The molecule has 0 atom stereocenters. The number of fused-ring (bicyclic) bond motifs is 2. The highest BCUT2D eigenvalue weighted by Gasteiger charge is 2.23. The van der Waals surface area contributed by atoms with Crippen molar-refractivity contribution in [3.63, 3.8) is 0 Å². The Morgan fingerprint density at radius 1 is 0.706 bits per heavy atom. The number of methoxy groups -OCH3 is 2.